The van der Waals surface area contributed by atoms with Crippen molar-refractivity contribution in [3.63, 3.8) is 0 Å². The molecule has 0 aliphatic carbocycles. The van der Waals surface area contributed by atoms with Gasteiger partial charge >= 0.3 is 0 Å². The maximum absolute atomic E-state index is 14.1. The van der Waals surface area contributed by atoms with Crippen molar-refractivity contribution in [1.29, 1.82) is 0 Å². The first-order valence-electron chi connectivity index (χ1n) is 11.5. The lowest BCUT2D eigenvalue weighted by Crippen LogP contribution is -2.60. The van der Waals surface area contributed by atoms with Gasteiger partial charge < -0.3 is 19.2 Å². The molecule has 1 fully saturated rings. The number of ether oxygens (including phenoxy) is 1. The number of aromatic nitrogens is 5. The number of hydrogen-bond donors (Lipinski definition) is 1. The molecule has 2 unspecified atom stereocenters. The quantitative estimate of drug-likeness (QED) is 0.477. The number of pyridine rings is 1. The Hall–Kier alpha value is -3.92. The van der Waals surface area contributed by atoms with E-state index in [1.807, 2.05) is 23.1 Å². The van der Waals surface area contributed by atoms with Crippen LogP contribution in [0.3, 0.4) is 0 Å². The van der Waals surface area contributed by atoms with E-state index in [2.05, 4.69) is 25.4 Å². The second-order valence-electron chi connectivity index (χ2n) is 8.91. The standard InChI is InChI=1S/C25H23FN6O3/c26-18-2-1-3-20-17(18)6-9-25(35-20)10-13-32(15-21(25)33)22-5-4-19(28-29-22)24-31-30-23(34-24)14-16-7-11-27-12-8-16/h1-5,7-8,11-12,21,33H,6,9-10,13-15H2. The van der Waals surface area contributed by atoms with Gasteiger partial charge in [0.1, 0.15) is 29.0 Å². The van der Waals surface area contributed by atoms with Crippen molar-refractivity contribution in [2.45, 2.75) is 37.4 Å². The van der Waals surface area contributed by atoms with E-state index in [0.29, 0.717) is 73.4 Å². The van der Waals surface area contributed by atoms with Gasteiger partial charge in [0.2, 0.25) is 5.89 Å². The number of halogens is 1. The molecular formula is C25H23FN6O3. The molecule has 0 radical (unpaired) electrons. The minimum atomic E-state index is -0.749. The van der Waals surface area contributed by atoms with Crippen LogP contribution in [0.2, 0.25) is 0 Å². The molecule has 1 spiro atoms. The van der Waals surface area contributed by atoms with Crippen molar-refractivity contribution in [2.75, 3.05) is 18.0 Å². The van der Waals surface area contributed by atoms with Crippen molar-refractivity contribution < 1.29 is 18.7 Å². The molecule has 0 amide bonds. The van der Waals surface area contributed by atoms with Gasteiger partial charge in [-0.1, -0.05) is 6.07 Å². The van der Waals surface area contributed by atoms with Gasteiger partial charge in [0.15, 0.2) is 5.82 Å². The van der Waals surface area contributed by atoms with Crippen LogP contribution in [0.15, 0.2) is 59.3 Å². The van der Waals surface area contributed by atoms with E-state index in [1.165, 1.54) is 6.07 Å². The van der Waals surface area contributed by atoms with Crippen molar-refractivity contribution in [3.8, 4) is 17.3 Å². The van der Waals surface area contributed by atoms with Crippen LogP contribution in [-0.4, -0.2) is 55.3 Å². The molecule has 2 atom stereocenters. The second kappa shape index (κ2) is 8.70. The lowest BCUT2D eigenvalue weighted by molar-refractivity contribution is -0.0789. The maximum Gasteiger partial charge on any atom is 0.268 e. The summed E-state index contributed by atoms with van der Waals surface area (Å²) in [6.45, 7) is 0.974. The third-order valence-electron chi connectivity index (χ3n) is 6.76. The number of β-amino-alcohol motifs (C(OH)–C–C–N with tert-alkyl or cyclic N) is 1. The zero-order valence-electron chi connectivity index (χ0n) is 18.8. The molecule has 0 bridgehead atoms. The minimum Gasteiger partial charge on any atom is -0.484 e. The summed E-state index contributed by atoms with van der Waals surface area (Å²) < 4.78 is 26.0. The normalized spacial score (nSPS) is 21.5. The average Bonchev–Trinajstić information content (AvgIpc) is 3.35. The maximum atomic E-state index is 14.1. The average molecular weight is 474 g/mol. The van der Waals surface area contributed by atoms with E-state index in [0.717, 1.165) is 5.56 Å². The predicted octanol–water partition coefficient (Wildman–Crippen LogP) is 2.99. The summed E-state index contributed by atoms with van der Waals surface area (Å²) in [5.74, 6) is 1.69. The molecule has 5 heterocycles. The Morgan fingerprint density at radius 2 is 1.91 bits per heavy atom. The number of nitrogens with zero attached hydrogens (tertiary/aromatic N) is 6. The molecule has 35 heavy (non-hydrogen) atoms. The number of anilines is 1. The first-order chi connectivity index (χ1) is 17.1. The van der Waals surface area contributed by atoms with Gasteiger partial charge in [0, 0.05) is 37.5 Å². The first kappa shape index (κ1) is 21.6. The summed E-state index contributed by atoms with van der Waals surface area (Å²) in [5, 5.41) is 27.8. The van der Waals surface area contributed by atoms with Crippen LogP contribution in [0.25, 0.3) is 11.6 Å². The Morgan fingerprint density at radius 3 is 2.71 bits per heavy atom. The van der Waals surface area contributed by atoms with Crippen LogP contribution in [0.1, 0.15) is 29.9 Å². The van der Waals surface area contributed by atoms with E-state index < -0.39 is 11.7 Å². The second-order valence-corrected chi connectivity index (χ2v) is 8.91. The van der Waals surface area contributed by atoms with Crippen molar-refractivity contribution in [2.24, 2.45) is 0 Å². The number of fused-ring (bicyclic) bond motifs is 1. The predicted molar refractivity (Wildman–Crippen MR) is 123 cm³/mol. The van der Waals surface area contributed by atoms with Crippen LogP contribution in [0, 0.1) is 5.82 Å². The Labute approximate surface area is 200 Å². The van der Waals surface area contributed by atoms with Crippen molar-refractivity contribution in [1.82, 2.24) is 25.4 Å². The molecule has 1 saturated heterocycles. The van der Waals surface area contributed by atoms with Crippen molar-refractivity contribution >= 4 is 5.82 Å². The molecule has 6 rings (SSSR count). The van der Waals surface area contributed by atoms with Crippen molar-refractivity contribution in [3.05, 3.63) is 77.7 Å². The third kappa shape index (κ3) is 4.10. The molecule has 0 saturated carbocycles. The number of piperidine rings is 1. The van der Waals surface area contributed by atoms with Gasteiger partial charge in [0.25, 0.3) is 5.89 Å². The van der Waals surface area contributed by atoms with Gasteiger partial charge in [-0.25, -0.2) is 4.39 Å². The van der Waals surface area contributed by atoms with Crippen LogP contribution >= 0.6 is 0 Å². The summed E-state index contributed by atoms with van der Waals surface area (Å²) in [5.41, 5.74) is 1.36. The molecule has 2 aliphatic heterocycles. The molecule has 10 heteroatoms. The third-order valence-corrected chi connectivity index (χ3v) is 6.76. The van der Waals surface area contributed by atoms with E-state index in [4.69, 9.17) is 9.15 Å². The molecular weight excluding hydrogens is 451 g/mol. The minimum absolute atomic E-state index is 0.259. The highest BCUT2D eigenvalue weighted by atomic mass is 19.1. The number of hydrogen-bond acceptors (Lipinski definition) is 9. The van der Waals surface area contributed by atoms with E-state index in [-0.39, 0.29) is 5.82 Å². The number of aliphatic hydroxyl groups is 1. The fraction of sp³-hybridized carbons (Fsp3) is 0.320. The lowest BCUT2D eigenvalue weighted by Gasteiger charge is -2.47. The Balaban J connectivity index is 1.13. The fourth-order valence-corrected chi connectivity index (χ4v) is 4.77. The number of rotatable bonds is 4. The summed E-state index contributed by atoms with van der Waals surface area (Å²) in [4.78, 5) is 5.98. The summed E-state index contributed by atoms with van der Waals surface area (Å²) >= 11 is 0. The lowest BCUT2D eigenvalue weighted by atomic mass is 9.81. The molecule has 4 aromatic rings. The summed E-state index contributed by atoms with van der Waals surface area (Å²) in [6, 6.07) is 12.2. The number of aliphatic hydroxyl groups excluding tert-OH is 1. The van der Waals surface area contributed by atoms with E-state index in [9.17, 15) is 9.50 Å². The summed E-state index contributed by atoms with van der Waals surface area (Å²) in [6.07, 6.45) is 4.90. The Bertz CT molecular complexity index is 1330. The van der Waals surface area contributed by atoms with Crippen LogP contribution < -0.4 is 9.64 Å². The van der Waals surface area contributed by atoms with Gasteiger partial charge in [-0.2, -0.15) is 0 Å². The number of benzene rings is 1. The SMILES string of the molecule is OC1CN(c2ccc(-c3nnc(Cc4ccncc4)o3)nn2)CCC12CCc1c(F)cccc1O2. The molecule has 3 aromatic heterocycles. The van der Waals surface area contributed by atoms with Gasteiger partial charge in [-0.15, -0.1) is 20.4 Å². The zero-order valence-corrected chi connectivity index (χ0v) is 18.8. The largest absolute Gasteiger partial charge is 0.484 e. The smallest absolute Gasteiger partial charge is 0.268 e. The fourth-order valence-electron chi connectivity index (χ4n) is 4.77. The first-order valence-corrected chi connectivity index (χ1v) is 11.5. The van der Waals surface area contributed by atoms with Crippen LogP contribution in [0.5, 0.6) is 5.75 Å². The highest BCUT2D eigenvalue weighted by molar-refractivity contribution is 5.50. The monoisotopic (exact) mass is 474 g/mol. The highest BCUT2D eigenvalue weighted by Crippen LogP contribution is 2.40. The summed E-state index contributed by atoms with van der Waals surface area (Å²) in [7, 11) is 0. The molecule has 1 N–H and O–H groups in total. The Morgan fingerprint density at radius 1 is 1.03 bits per heavy atom. The molecule has 9 nitrogen and oxygen atoms in total. The zero-order chi connectivity index (χ0) is 23.8. The molecule has 2 aliphatic rings. The van der Waals surface area contributed by atoms with Crippen LogP contribution in [-0.2, 0) is 12.8 Å². The Kier molecular flexibility index (Phi) is 5.37. The van der Waals surface area contributed by atoms with Gasteiger partial charge in [-0.05, 0) is 54.8 Å². The van der Waals surface area contributed by atoms with Gasteiger partial charge in [-0.3, -0.25) is 4.98 Å². The topological polar surface area (TPSA) is 110 Å². The highest BCUT2D eigenvalue weighted by Gasteiger charge is 2.47. The van der Waals surface area contributed by atoms with Gasteiger partial charge in [0.05, 0.1) is 6.42 Å². The molecule has 1 aromatic carbocycles. The van der Waals surface area contributed by atoms with E-state index in [1.54, 1.807) is 30.6 Å². The van der Waals surface area contributed by atoms with Crippen LogP contribution in [0.4, 0.5) is 10.2 Å². The van der Waals surface area contributed by atoms with E-state index >= 15 is 0 Å². The molecule has 178 valence electrons.